The van der Waals surface area contributed by atoms with Gasteiger partial charge in [0.05, 0.1) is 18.0 Å². The summed E-state index contributed by atoms with van der Waals surface area (Å²) in [4.78, 5) is 4.01. The number of nitrogens with zero attached hydrogens (tertiary/aromatic N) is 4. The highest BCUT2D eigenvalue weighted by Gasteiger charge is 2.22. The molecule has 0 saturated carbocycles. The van der Waals surface area contributed by atoms with E-state index in [1.54, 1.807) is 31.2 Å². The van der Waals surface area contributed by atoms with E-state index in [9.17, 15) is 17.2 Å². The lowest BCUT2D eigenvalue weighted by molar-refractivity contribution is 0.116. The lowest BCUT2D eigenvalue weighted by Gasteiger charge is -2.24. The molecule has 2 aromatic heterocycles. The summed E-state index contributed by atoms with van der Waals surface area (Å²) in [7, 11) is -3.55. The third-order valence-corrected chi connectivity index (χ3v) is 5.77. The summed E-state index contributed by atoms with van der Waals surface area (Å²) in [5.41, 5.74) is 0.499. The van der Waals surface area contributed by atoms with E-state index in [1.807, 2.05) is 0 Å². The van der Waals surface area contributed by atoms with Crippen LogP contribution in [0.1, 0.15) is 19.2 Å². The second-order valence-electron chi connectivity index (χ2n) is 5.66. The molecular formula is C16H16ClF2N5O4S. The molecule has 0 radical (unpaired) electrons. The molecule has 0 spiro atoms. The molecule has 0 aliphatic heterocycles. The number of benzene rings is 1. The van der Waals surface area contributed by atoms with Crippen molar-refractivity contribution in [3.8, 4) is 11.6 Å². The predicted octanol–water partition coefficient (Wildman–Crippen LogP) is 3.58. The fourth-order valence-corrected chi connectivity index (χ4v) is 3.66. The zero-order valence-electron chi connectivity index (χ0n) is 15.0. The van der Waals surface area contributed by atoms with Crippen LogP contribution >= 0.6 is 11.6 Å². The minimum Gasteiger partial charge on any atom is -0.431 e. The number of hydrogen-bond donors (Lipinski definition) is 1. The van der Waals surface area contributed by atoms with Crippen molar-refractivity contribution < 1.29 is 26.0 Å². The number of oxazole rings is 1. The van der Waals surface area contributed by atoms with Gasteiger partial charge in [-0.2, -0.15) is 13.8 Å². The molecular weight excluding hydrogens is 432 g/mol. The van der Waals surface area contributed by atoms with Gasteiger partial charge in [0.15, 0.2) is 5.69 Å². The van der Waals surface area contributed by atoms with Gasteiger partial charge in [-0.3, -0.25) is 4.31 Å². The summed E-state index contributed by atoms with van der Waals surface area (Å²) in [6.07, 6.45) is -1.73. The largest absolute Gasteiger partial charge is 0.431 e. The van der Waals surface area contributed by atoms with Gasteiger partial charge in [0.1, 0.15) is 6.26 Å². The minimum absolute atomic E-state index is 0.0386. The first-order valence-electron chi connectivity index (χ1n) is 8.37. The van der Waals surface area contributed by atoms with Gasteiger partial charge in [-0.25, -0.2) is 8.42 Å². The van der Waals surface area contributed by atoms with Gasteiger partial charge in [0.25, 0.3) is 17.8 Å². The Bertz CT molecular complexity index is 1070. The Hall–Kier alpha value is -2.73. The topological polar surface area (TPSA) is 114 Å². The minimum atomic E-state index is -3.55. The lowest BCUT2D eigenvalue weighted by Crippen LogP contribution is -2.36. The van der Waals surface area contributed by atoms with Crippen molar-refractivity contribution in [2.45, 2.75) is 13.3 Å². The maximum atomic E-state index is 12.5. The molecule has 0 amide bonds. The molecule has 2 heterocycles. The standard InChI is InChI=1S/C16H16ClF2N5O4S/c1-2-29(25,26)24(11-5-3-4-10(17)8-11)7-6-20-16-21-12(9-27-16)14-22-23-15(28-14)13(18)19/h3-5,8-9,13H,2,6-7H2,1H3,(H,20,21). The molecule has 1 aromatic carbocycles. The first-order valence-corrected chi connectivity index (χ1v) is 10.4. The van der Waals surface area contributed by atoms with E-state index >= 15 is 0 Å². The van der Waals surface area contributed by atoms with Crippen molar-refractivity contribution in [1.29, 1.82) is 0 Å². The van der Waals surface area contributed by atoms with Crippen LogP contribution in [0.4, 0.5) is 20.5 Å². The molecule has 1 N–H and O–H groups in total. The zero-order valence-corrected chi connectivity index (χ0v) is 16.6. The molecule has 0 bridgehead atoms. The second kappa shape index (κ2) is 8.74. The van der Waals surface area contributed by atoms with Crippen LogP contribution in [-0.4, -0.2) is 42.4 Å². The normalized spacial score (nSPS) is 11.8. The van der Waals surface area contributed by atoms with Gasteiger partial charge in [-0.15, -0.1) is 10.2 Å². The highest BCUT2D eigenvalue weighted by Crippen LogP contribution is 2.24. The van der Waals surface area contributed by atoms with Crippen LogP contribution in [0, 0.1) is 0 Å². The summed E-state index contributed by atoms with van der Waals surface area (Å²) < 4.78 is 61.1. The smallest absolute Gasteiger partial charge is 0.314 e. The van der Waals surface area contributed by atoms with Crippen molar-refractivity contribution in [3.05, 3.63) is 41.4 Å². The van der Waals surface area contributed by atoms with Gasteiger partial charge >= 0.3 is 6.43 Å². The molecule has 0 aliphatic rings. The third kappa shape index (κ3) is 5.01. The molecule has 13 heteroatoms. The molecule has 156 valence electrons. The maximum Gasteiger partial charge on any atom is 0.314 e. The van der Waals surface area contributed by atoms with Crippen molar-refractivity contribution in [2.75, 3.05) is 28.5 Å². The molecule has 0 unspecified atom stereocenters. The van der Waals surface area contributed by atoms with Gasteiger partial charge in [0.2, 0.25) is 10.0 Å². The van der Waals surface area contributed by atoms with E-state index in [2.05, 4.69) is 20.5 Å². The number of anilines is 2. The number of hydrogen-bond acceptors (Lipinski definition) is 8. The van der Waals surface area contributed by atoms with E-state index in [4.69, 9.17) is 20.4 Å². The monoisotopic (exact) mass is 447 g/mol. The first-order chi connectivity index (χ1) is 13.8. The molecule has 0 aliphatic carbocycles. The summed E-state index contributed by atoms with van der Waals surface area (Å²) in [5, 5.41) is 9.91. The predicted molar refractivity (Wildman–Crippen MR) is 102 cm³/mol. The second-order valence-corrected chi connectivity index (χ2v) is 8.28. The Morgan fingerprint density at radius 2 is 2.10 bits per heavy atom. The Balaban J connectivity index is 1.68. The van der Waals surface area contributed by atoms with Crippen molar-refractivity contribution >= 4 is 33.3 Å². The SMILES string of the molecule is CCS(=O)(=O)N(CCNc1nc(-c2nnc(C(F)F)o2)co1)c1cccc(Cl)c1. The summed E-state index contributed by atoms with van der Waals surface area (Å²) in [6.45, 7) is 1.76. The van der Waals surface area contributed by atoms with Crippen LogP contribution in [0.2, 0.25) is 5.02 Å². The van der Waals surface area contributed by atoms with Crippen molar-refractivity contribution in [3.63, 3.8) is 0 Å². The first kappa shape index (κ1) is 21.0. The highest BCUT2D eigenvalue weighted by molar-refractivity contribution is 7.92. The van der Waals surface area contributed by atoms with E-state index in [0.29, 0.717) is 10.7 Å². The molecule has 3 aromatic rings. The molecule has 0 saturated heterocycles. The Labute approximate surface area is 169 Å². The van der Waals surface area contributed by atoms with Gasteiger partial charge in [-0.1, -0.05) is 17.7 Å². The van der Waals surface area contributed by atoms with Gasteiger partial charge in [-0.05, 0) is 25.1 Å². The Kier molecular flexibility index (Phi) is 6.33. The Morgan fingerprint density at radius 3 is 2.76 bits per heavy atom. The Morgan fingerprint density at radius 1 is 1.31 bits per heavy atom. The molecule has 0 atom stereocenters. The highest BCUT2D eigenvalue weighted by atomic mass is 35.5. The van der Waals surface area contributed by atoms with Crippen LogP contribution in [0.3, 0.4) is 0 Å². The number of aromatic nitrogens is 3. The quantitative estimate of drug-likeness (QED) is 0.529. The fourth-order valence-electron chi connectivity index (χ4n) is 2.36. The molecule has 29 heavy (non-hydrogen) atoms. The summed E-state index contributed by atoms with van der Waals surface area (Å²) in [5.74, 6) is -1.13. The van der Waals surface area contributed by atoms with Crippen molar-refractivity contribution in [1.82, 2.24) is 15.2 Å². The zero-order chi connectivity index (χ0) is 21.0. The van der Waals surface area contributed by atoms with E-state index in [1.165, 1.54) is 4.31 Å². The lowest BCUT2D eigenvalue weighted by atomic mass is 10.3. The van der Waals surface area contributed by atoms with E-state index in [0.717, 1.165) is 6.26 Å². The van der Waals surface area contributed by atoms with Crippen LogP contribution in [0.15, 0.2) is 39.4 Å². The fraction of sp³-hybridized carbons (Fsp3) is 0.312. The van der Waals surface area contributed by atoms with Gasteiger partial charge < -0.3 is 14.2 Å². The van der Waals surface area contributed by atoms with Crippen LogP contribution < -0.4 is 9.62 Å². The number of sulfonamides is 1. The van der Waals surface area contributed by atoms with E-state index < -0.39 is 22.3 Å². The van der Waals surface area contributed by atoms with Crippen LogP contribution in [-0.2, 0) is 10.0 Å². The molecule has 3 rings (SSSR count). The maximum absolute atomic E-state index is 12.5. The number of rotatable bonds is 9. The number of halogens is 3. The van der Waals surface area contributed by atoms with E-state index in [-0.39, 0.29) is 36.4 Å². The summed E-state index contributed by atoms with van der Waals surface area (Å²) >= 11 is 5.97. The summed E-state index contributed by atoms with van der Waals surface area (Å²) in [6, 6.07) is 6.52. The van der Waals surface area contributed by atoms with Crippen LogP contribution in [0.25, 0.3) is 11.6 Å². The average molecular weight is 448 g/mol. The van der Waals surface area contributed by atoms with Gasteiger partial charge in [0, 0.05) is 11.6 Å². The third-order valence-electron chi connectivity index (χ3n) is 3.74. The van der Waals surface area contributed by atoms with Crippen LogP contribution in [0.5, 0.6) is 0 Å². The molecule has 9 nitrogen and oxygen atoms in total. The number of alkyl halides is 2. The molecule has 0 fully saturated rings. The number of nitrogens with one attached hydrogen (secondary N) is 1. The van der Waals surface area contributed by atoms with Crippen molar-refractivity contribution in [2.24, 2.45) is 0 Å². The average Bonchev–Trinajstić information content (AvgIpc) is 3.34.